The van der Waals surface area contributed by atoms with Crippen LogP contribution < -0.4 is 9.46 Å². The molecule has 2 rings (SSSR count). The van der Waals surface area contributed by atoms with Crippen molar-refractivity contribution in [3.63, 3.8) is 0 Å². The first-order valence-electron chi connectivity index (χ1n) is 7.83. The van der Waals surface area contributed by atoms with Crippen molar-refractivity contribution in [1.82, 2.24) is 9.62 Å². The smallest absolute Gasteiger partial charge is 0.338 e. The van der Waals surface area contributed by atoms with Crippen molar-refractivity contribution in [2.24, 2.45) is 0 Å². The Labute approximate surface area is 156 Å². The molecule has 0 fully saturated rings. The number of carbonyl (C=O) groups excluding carboxylic acids is 2. The number of carbonyl (C=O) groups is 2. The Morgan fingerprint density at radius 2 is 2.00 bits per heavy atom. The zero-order valence-corrected chi connectivity index (χ0v) is 15.9. The van der Waals surface area contributed by atoms with Crippen LogP contribution in [-0.2, 0) is 26.1 Å². The Morgan fingerprint density at radius 3 is 2.59 bits per heavy atom. The third-order valence-corrected chi connectivity index (χ3v) is 5.12. The van der Waals surface area contributed by atoms with E-state index in [4.69, 9.17) is 13.9 Å². The van der Waals surface area contributed by atoms with Crippen LogP contribution in [0.5, 0.6) is 5.75 Å². The van der Waals surface area contributed by atoms with E-state index in [1.165, 1.54) is 37.5 Å². The molecule has 1 amide bonds. The minimum atomic E-state index is -3.84. The molecule has 0 atom stereocenters. The Kier molecular flexibility index (Phi) is 6.59. The van der Waals surface area contributed by atoms with E-state index in [0.29, 0.717) is 5.76 Å². The van der Waals surface area contributed by atoms with Gasteiger partial charge in [-0.3, -0.25) is 4.79 Å². The van der Waals surface area contributed by atoms with Gasteiger partial charge >= 0.3 is 5.97 Å². The molecule has 27 heavy (non-hydrogen) atoms. The Hall–Kier alpha value is -2.85. The van der Waals surface area contributed by atoms with E-state index in [2.05, 4.69) is 4.72 Å². The van der Waals surface area contributed by atoms with Gasteiger partial charge in [0, 0.05) is 7.05 Å². The largest absolute Gasteiger partial charge is 0.495 e. The van der Waals surface area contributed by atoms with Crippen molar-refractivity contribution in [1.29, 1.82) is 0 Å². The number of ether oxygens (including phenoxy) is 2. The van der Waals surface area contributed by atoms with Crippen LogP contribution in [0, 0.1) is 0 Å². The number of hydrogen-bond donors (Lipinski definition) is 1. The van der Waals surface area contributed by atoms with Crippen LogP contribution in [0.2, 0.25) is 0 Å². The topological polar surface area (TPSA) is 115 Å². The predicted octanol–water partition coefficient (Wildman–Crippen LogP) is 1.01. The summed E-state index contributed by atoms with van der Waals surface area (Å²) in [4.78, 5) is 25.4. The van der Waals surface area contributed by atoms with Gasteiger partial charge in [0.05, 0.1) is 25.5 Å². The van der Waals surface area contributed by atoms with Crippen LogP contribution in [0.3, 0.4) is 0 Å². The monoisotopic (exact) mass is 396 g/mol. The van der Waals surface area contributed by atoms with Crippen LogP contribution in [-0.4, -0.2) is 53.0 Å². The summed E-state index contributed by atoms with van der Waals surface area (Å²) in [6.45, 7) is -0.257. The molecule has 10 heteroatoms. The molecule has 0 saturated carbocycles. The summed E-state index contributed by atoms with van der Waals surface area (Å²) in [5.74, 6) is -0.592. The van der Waals surface area contributed by atoms with Gasteiger partial charge in [-0.2, -0.15) is 0 Å². The highest BCUT2D eigenvalue weighted by atomic mass is 32.2. The summed E-state index contributed by atoms with van der Waals surface area (Å²) in [5, 5.41) is 0. The average Bonchev–Trinajstić information content (AvgIpc) is 3.18. The lowest BCUT2D eigenvalue weighted by Gasteiger charge is -2.16. The van der Waals surface area contributed by atoms with E-state index < -0.39 is 28.5 Å². The maximum atomic E-state index is 12.2. The zero-order chi connectivity index (χ0) is 20.0. The van der Waals surface area contributed by atoms with Crippen molar-refractivity contribution in [3.8, 4) is 5.75 Å². The molecular weight excluding hydrogens is 376 g/mol. The van der Waals surface area contributed by atoms with E-state index in [0.717, 1.165) is 6.07 Å². The molecule has 146 valence electrons. The molecule has 1 heterocycles. The number of nitrogens with one attached hydrogen (secondary N) is 1. The van der Waals surface area contributed by atoms with Crippen LogP contribution in [0.1, 0.15) is 16.1 Å². The van der Waals surface area contributed by atoms with Crippen molar-refractivity contribution < 1.29 is 31.9 Å². The minimum Gasteiger partial charge on any atom is -0.495 e. The normalized spacial score (nSPS) is 11.1. The number of esters is 1. The molecule has 0 unspecified atom stereocenters. The van der Waals surface area contributed by atoms with Crippen molar-refractivity contribution in [3.05, 3.63) is 47.9 Å². The van der Waals surface area contributed by atoms with Gasteiger partial charge in [0.15, 0.2) is 6.61 Å². The molecule has 0 aliphatic heterocycles. The summed E-state index contributed by atoms with van der Waals surface area (Å²) in [6.07, 6.45) is 1.49. The molecule has 9 nitrogen and oxygen atoms in total. The molecule has 1 N–H and O–H groups in total. The molecule has 0 radical (unpaired) electrons. The van der Waals surface area contributed by atoms with E-state index in [9.17, 15) is 18.0 Å². The SMILES string of the molecule is CNS(=O)(=O)c1cc(C(=O)OCC(=O)N(C)Cc2ccco2)ccc1OC. The maximum absolute atomic E-state index is 12.2. The standard InChI is InChI=1S/C17H20N2O7S/c1-18-27(22,23)15-9-12(6-7-14(15)24-3)17(21)26-11-16(20)19(2)10-13-5-4-8-25-13/h4-9,18H,10-11H2,1-3H3. The number of methoxy groups -OCH3 is 1. The van der Waals surface area contributed by atoms with Crippen molar-refractivity contribution in [2.45, 2.75) is 11.4 Å². The van der Waals surface area contributed by atoms with Crippen LogP contribution >= 0.6 is 0 Å². The first-order valence-corrected chi connectivity index (χ1v) is 9.32. The highest BCUT2D eigenvalue weighted by Gasteiger charge is 2.21. The second-order valence-corrected chi connectivity index (χ2v) is 7.33. The molecule has 0 aliphatic carbocycles. The van der Waals surface area contributed by atoms with Gasteiger partial charge in [-0.25, -0.2) is 17.9 Å². The van der Waals surface area contributed by atoms with E-state index in [1.54, 1.807) is 19.2 Å². The quantitative estimate of drug-likeness (QED) is 0.662. The molecule has 1 aromatic carbocycles. The second kappa shape index (κ2) is 8.69. The third-order valence-electron chi connectivity index (χ3n) is 3.68. The zero-order valence-electron chi connectivity index (χ0n) is 15.1. The lowest BCUT2D eigenvalue weighted by molar-refractivity contribution is -0.133. The lowest BCUT2D eigenvalue weighted by Crippen LogP contribution is -2.30. The number of sulfonamides is 1. The Balaban J connectivity index is 2.05. The average molecular weight is 396 g/mol. The highest BCUT2D eigenvalue weighted by Crippen LogP contribution is 2.25. The first kappa shape index (κ1) is 20.5. The van der Waals surface area contributed by atoms with Gasteiger partial charge in [-0.1, -0.05) is 0 Å². The van der Waals surface area contributed by atoms with Gasteiger partial charge in [0.1, 0.15) is 16.4 Å². The fourth-order valence-electron chi connectivity index (χ4n) is 2.17. The molecular formula is C17H20N2O7S. The van der Waals surface area contributed by atoms with Crippen LogP contribution in [0.15, 0.2) is 45.9 Å². The molecule has 0 spiro atoms. The van der Waals surface area contributed by atoms with Crippen molar-refractivity contribution >= 4 is 21.9 Å². The molecule has 1 aromatic heterocycles. The van der Waals surface area contributed by atoms with Gasteiger partial charge in [-0.05, 0) is 37.4 Å². The number of benzene rings is 1. The van der Waals surface area contributed by atoms with Crippen LogP contribution in [0.25, 0.3) is 0 Å². The first-order chi connectivity index (χ1) is 12.8. The summed E-state index contributed by atoms with van der Waals surface area (Å²) in [6, 6.07) is 7.24. The number of amides is 1. The van der Waals surface area contributed by atoms with Gasteiger partial charge in [-0.15, -0.1) is 0 Å². The van der Waals surface area contributed by atoms with Gasteiger partial charge in [0.2, 0.25) is 10.0 Å². The molecule has 0 aliphatic rings. The number of rotatable bonds is 8. The number of hydrogen-bond acceptors (Lipinski definition) is 7. The summed E-state index contributed by atoms with van der Waals surface area (Å²) in [5.41, 5.74) is -0.0221. The molecule has 0 saturated heterocycles. The van der Waals surface area contributed by atoms with E-state index in [-0.39, 0.29) is 22.8 Å². The van der Waals surface area contributed by atoms with E-state index >= 15 is 0 Å². The minimum absolute atomic E-state index is 0.0221. The highest BCUT2D eigenvalue weighted by molar-refractivity contribution is 7.89. The number of nitrogens with zero attached hydrogens (tertiary/aromatic N) is 1. The second-order valence-electron chi connectivity index (χ2n) is 5.48. The summed E-state index contributed by atoms with van der Waals surface area (Å²) in [7, 11) is 0.265. The lowest BCUT2D eigenvalue weighted by atomic mass is 10.2. The fraction of sp³-hybridized carbons (Fsp3) is 0.294. The van der Waals surface area contributed by atoms with Crippen LogP contribution in [0.4, 0.5) is 0 Å². The van der Waals surface area contributed by atoms with Gasteiger partial charge in [0.25, 0.3) is 5.91 Å². The van der Waals surface area contributed by atoms with E-state index in [1.807, 2.05) is 0 Å². The Bertz CT molecular complexity index is 907. The maximum Gasteiger partial charge on any atom is 0.338 e. The predicted molar refractivity (Wildman–Crippen MR) is 94.7 cm³/mol. The number of likely N-dealkylation sites (N-methyl/N-ethyl adjacent to an activating group) is 1. The van der Waals surface area contributed by atoms with Gasteiger partial charge < -0.3 is 18.8 Å². The summed E-state index contributed by atoms with van der Waals surface area (Å²) >= 11 is 0. The Morgan fingerprint density at radius 1 is 1.26 bits per heavy atom. The fourth-order valence-corrected chi connectivity index (χ4v) is 3.09. The molecule has 0 bridgehead atoms. The number of furan rings is 1. The molecule has 2 aromatic rings. The third kappa shape index (κ3) is 5.08. The summed E-state index contributed by atoms with van der Waals surface area (Å²) < 4.78 is 41.4. The van der Waals surface area contributed by atoms with Crippen molar-refractivity contribution in [2.75, 3.05) is 27.8 Å².